The maximum Gasteiger partial charge on any atom is 0.203 e. The minimum Gasteiger partial charge on any atom is -0.508 e. The van der Waals surface area contributed by atoms with Crippen LogP contribution in [0.25, 0.3) is 6.08 Å². The first-order chi connectivity index (χ1) is 15.1. The average molecular weight is 437 g/mol. The lowest BCUT2D eigenvalue weighted by molar-refractivity contribution is -0.00231. The van der Waals surface area contributed by atoms with Gasteiger partial charge in [-0.2, -0.15) is 0 Å². The Morgan fingerprint density at radius 2 is 1.91 bits per heavy atom. The normalized spacial score (nSPS) is 20.6. The van der Waals surface area contributed by atoms with Gasteiger partial charge in [0, 0.05) is 18.2 Å². The van der Waals surface area contributed by atoms with E-state index in [2.05, 4.69) is 0 Å². The van der Waals surface area contributed by atoms with E-state index in [1.54, 1.807) is 24.3 Å². The second kappa shape index (κ2) is 8.02. The zero-order valence-electron chi connectivity index (χ0n) is 18.9. The predicted molar refractivity (Wildman–Crippen MR) is 122 cm³/mol. The average Bonchev–Trinajstić information content (AvgIpc) is 2.72. The summed E-state index contributed by atoms with van der Waals surface area (Å²) in [5.41, 5.74) is 2.15. The lowest BCUT2D eigenvalue weighted by Crippen LogP contribution is -2.39. The molecular weight excluding hydrogens is 408 g/mol. The highest BCUT2D eigenvalue weighted by Crippen LogP contribution is 2.52. The summed E-state index contributed by atoms with van der Waals surface area (Å²) in [6, 6.07) is 6.69. The van der Waals surface area contributed by atoms with Gasteiger partial charge in [0.05, 0.1) is 5.56 Å². The number of benzene rings is 2. The minimum absolute atomic E-state index is 0.00384. The fourth-order valence-corrected chi connectivity index (χ4v) is 4.12. The second-order valence-electron chi connectivity index (χ2n) is 8.92. The largest absolute Gasteiger partial charge is 0.508 e. The molecule has 0 radical (unpaired) electrons. The molecule has 2 aromatic carbocycles. The first-order valence-electron chi connectivity index (χ1n) is 10.6. The highest BCUT2D eigenvalue weighted by Gasteiger charge is 2.44. The van der Waals surface area contributed by atoms with Crippen LogP contribution in [0.4, 0.5) is 0 Å². The Bertz CT molecular complexity index is 1140. The zero-order valence-corrected chi connectivity index (χ0v) is 18.9. The number of fused-ring (bicyclic) bond motifs is 2. The summed E-state index contributed by atoms with van der Waals surface area (Å²) in [7, 11) is 1.41. The number of Topliss-reactive ketones (excluding diaryl/α,β-unsaturated/α-hetero) is 1. The third-order valence-electron chi connectivity index (χ3n) is 5.76. The Hall–Kier alpha value is -3.25. The number of methoxy groups -OCH3 is 1. The molecule has 0 saturated carbocycles. The molecule has 2 heterocycles. The molecule has 2 aliphatic heterocycles. The first kappa shape index (κ1) is 22.0. The van der Waals surface area contributed by atoms with Gasteiger partial charge >= 0.3 is 0 Å². The molecule has 2 aromatic rings. The van der Waals surface area contributed by atoms with E-state index in [0.717, 1.165) is 5.57 Å². The molecule has 0 saturated heterocycles. The van der Waals surface area contributed by atoms with Gasteiger partial charge in [-0.1, -0.05) is 29.8 Å². The molecule has 4 rings (SSSR count). The smallest absolute Gasteiger partial charge is 0.203 e. The standard InChI is InChI=1S/C26H28O6/c1-14(2)10-11-17-22-16(12-13-26(3,4)32-22)20(28)19-21(29)25(30-5)24(31-23(17)19)15-8-6-7-9-18(15)27/h6-10,12-13,24-25,27-28H,11H2,1-5H3. The third-order valence-corrected chi connectivity index (χ3v) is 5.76. The van der Waals surface area contributed by atoms with Crippen LogP contribution in [0.15, 0.2) is 42.0 Å². The van der Waals surface area contributed by atoms with Crippen molar-refractivity contribution in [3.8, 4) is 23.0 Å². The molecular formula is C26H28O6. The van der Waals surface area contributed by atoms with Crippen LogP contribution in [-0.4, -0.2) is 34.8 Å². The summed E-state index contributed by atoms with van der Waals surface area (Å²) in [5, 5.41) is 21.5. The summed E-state index contributed by atoms with van der Waals surface area (Å²) in [6.45, 7) is 7.82. The van der Waals surface area contributed by atoms with E-state index in [4.69, 9.17) is 14.2 Å². The lowest BCUT2D eigenvalue weighted by atomic mass is 9.86. The number of aromatic hydroxyl groups is 2. The predicted octanol–water partition coefficient (Wildman–Crippen LogP) is 5.12. The molecule has 0 aliphatic carbocycles. The summed E-state index contributed by atoms with van der Waals surface area (Å²) < 4.78 is 18.1. The van der Waals surface area contributed by atoms with Gasteiger partial charge in [0.2, 0.25) is 5.78 Å². The van der Waals surface area contributed by atoms with Crippen molar-refractivity contribution in [2.75, 3.05) is 7.11 Å². The van der Waals surface area contributed by atoms with Gasteiger partial charge in [-0.15, -0.1) is 0 Å². The van der Waals surface area contributed by atoms with Crippen LogP contribution in [0.2, 0.25) is 0 Å². The third kappa shape index (κ3) is 3.65. The van der Waals surface area contributed by atoms with Crippen molar-refractivity contribution in [1.82, 2.24) is 0 Å². The first-order valence-corrected chi connectivity index (χ1v) is 10.6. The molecule has 0 spiro atoms. The van der Waals surface area contributed by atoms with Gasteiger partial charge in [0.25, 0.3) is 0 Å². The molecule has 2 atom stereocenters. The molecule has 0 amide bonds. The Balaban J connectivity index is 1.98. The Kier molecular flexibility index (Phi) is 5.51. The molecule has 6 heteroatoms. The number of phenolic OH excluding ortho intramolecular Hbond substituents is 2. The number of ether oxygens (including phenoxy) is 3. The van der Waals surface area contributed by atoms with Crippen molar-refractivity contribution in [3.05, 3.63) is 64.2 Å². The molecule has 0 fully saturated rings. The van der Waals surface area contributed by atoms with Gasteiger partial charge in [0.15, 0.2) is 12.2 Å². The van der Waals surface area contributed by atoms with Crippen molar-refractivity contribution in [3.63, 3.8) is 0 Å². The number of phenols is 2. The van der Waals surface area contributed by atoms with Gasteiger partial charge in [-0.3, -0.25) is 4.79 Å². The summed E-state index contributed by atoms with van der Waals surface area (Å²) >= 11 is 0. The van der Waals surface area contributed by atoms with Crippen molar-refractivity contribution < 1.29 is 29.2 Å². The number of carbonyl (C=O) groups excluding carboxylic acids is 1. The minimum atomic E-state index is -1.03. The number of carbonyl (C=O) groups is 1. The molecule has 2 unspecified atom stereocenters. The molecule has 0 aromatic heterocycles. The van der Waals surface area contributed by atoms with E-state index in [1.807, 2.05) is 39.8 Å². The van der Waals surface area contributed by atoms with Gasteiger partial charge < -0.3 is 24.4 Å². The van der Waals surface area contributed by atoms with Gasteiger partial charge in [0.1, 0.15) is 34.2 Å². The Labute approximate surface area is 187 Å². The maximum absolute atomic E-state index is 13.5. The maximum atomic E-state index is 13.5. The molecule has 32 heavy (non-hydrogen) atoms. The van der Waals surface area contributed by atoms with Crippen LogP contribution in [0, 0.1) is 0 Å². The van der Waals surface area contributed by atoms with Crippen LogP contribution in [0.5, 0.6) is 23.0 Å². The van der Waals surface area contributed by atoms with Crippen LogP contribution in [0.1, 0.15) is 60.8 Å². The summed E-state index contributed by atoms with van der Waals surface area (Å²) in [5.74, 6) is 0.163. The lowest BCUT2D eigenvalue weighted by Gasteiger charge is -2.36. The van der Waals surface area contributed by atoms with Gasteiger partial charge in [-0.05, 0) is 52.3 Å². The molecule has 2 aliphatic rings. The highest BCUT2D eigenvalue weighted by atomic mass is 16.5. The van der Waals surface area contributed by atoms with Crippen molar-refractivity contribution in [2.45, 2.75) is 51.9 Å². The fourth-order valence-electron chi connectivity index (χ4n) is 4.12. The topological polar surface area (TPSA) is 85.2 Å². The SMILES string of the molecule is COC1C(=O)c2c(O)c3c(c(CC=C(C)C)c2OC1c1ccccc1O)OC(C)(C)C=C3. The number of hydrogen-bond acceptors (Lipinski definition) is 6. The Morgan fingerprint density at radius 1 is 1.19 bits per heavy atom. The number of rotatable bonds is 4. The van der Waals surface area contributed by atoms with E-state index in [-0.39, 0.29) is 22.8 Å². The summed E-state index contributed by atoms with van der Waals surface area (Å²) in [4.78, 5) is 13.5. The van der Waals surface area contributed by atoms with Gasteiger partial charge in [-0.25, -0.2) is 0 Å². The van der Waals surface area contributed by atoms with Crippen LogP contribution in [-0.2, 0) is 11.2 Å². The van der Waals surface area contributed by atoms with Crippen LogP contribution < -0.4 is 9.47 Å². The van der Waals surface area contributed by atoms with Crippen LogP contribution >= 0.6 is 0 Å². The molecule has 0 bridgehead atoms. The molecule has 2 N–H and O–H groups in total. The Morgan fingerprint density at radius 3 is 2.56 bits per heavy atom. The van der Waals surface area contributed by atoms with E-state index >= 15 is 0 Å². The molecule has 6 nitrogen and oxygen atoms in total. The quantitative estimate of drug-likeness (QED) is 0.647. The van der Waals surface area contributed by atoms with E-state index in [1.165, 1.54) is 13.2 Å². The van der Waals surface area contributed by atoms with Crippen molar-refractivity contribution in [1.29, 1.82) is 0 Å². The number of allylic oxidation sites excluding steroid dienone is 2. The fraction of sp³-hybridized carbons (Fsp3) is 0.346. The highest BCUT2D eigenvalue weighted by molar-refractivity contribution is 6.07. The number of para-hydroxylation sites is 1. The number of hydrogen-bond donors (Lipinski definition) is 2. The van der Waals surface area contributed by atoms with E-state index in [9.17, 15) is 15.0 Å². The van der Waals surface area contributed by atoms with E-state index < -0.39 is 23.6 Å². The van der Waals surface area contributed by atoms with Crippen molar-refractivity contribution >= 4 is 11.9 Å². The van der Waals surface area contributed by atoms with Crippen molar-refractivity contribution in [2.24, 2.45) is 0 Å². The monoisotopic (exact) mass is 436 g/mol. The summed E-state index contributed by atoms with van der Waals surface area (Å²) in [6.07, 6.45) is 4.20. The van der Waals surface area contributed by atoms with E-state index in [0.29, 0.717) is 28.9 Å². The number of ketones is 1. The van der Waals surface area contributed by atoms with Crippen LogP contribution in [0.3, 0.4) is 0 Å². The molecule has 168 valence electrons. The second-order valence-corrected chi connectivity index (χ2v) is 8.92. The zero-order chi connectivity index (χ0) is 23.2.